The van der Waals surface area contributed by atoms with Crippen molar-refractivity contribution < 1.29 is 34.1 Å². The van der Waals surface area contributed by atoms with Gasteiger partial charge in [-0.1, -0.05) is 12.1 Å². The molecule has 0 spiro atoms. The van der Waals surface area contributed by atoms with E-state index in [2.05, 4.69) is 0 Å². The lowest BCUT2D eigenvalue weighted by Gasteiger charge is -2.21. The second kappa shape index (κ2) is 10.0. The number of hydrogen-bond acceptors (Lipinski definition) is 6. The summed E-state index contributed by atoms with van der Waals surface area (Å²) < 4.78 is 11.3. The topological polar surface area (TPSA) is 139 Å². The van der Waals surface area contributed by atoms with E-state index in [9.17, 15) is 19.5 Å². The summed E-state index contributed by atoms with van der Waals surface area (Å²) in [4.78, 5) is 35.9. The first-order valence-corrected chi connectivity index (χ1v) is 9.15. The zero-order valence-electron chi connectivity index (χ0n) is 15.7. The maximum absolute atomic E-state index is 12.4. The normalized spacial score (nSPS) is 20.0. The average molecular weight is 394 g/mol. The van der Waals surface area contributed by atoms with Gasteiger partial charge in [0.25, 0.3) is 0 Å². The van der Waals surface area contributed by atoms with Crippen LogP contribution in [0.3, 0.4) is 0 Å². The Morgan fingerprint density at radius 2 is 2.07 bits per heavy atom. The van der Waals surface area contributed by atoms with E-state index in [0.29, 0.717) is 6.61 Å². The lowest BCUT2D eigenvalue weighted by molar-refractivity contribution is -0.148. The molecule has 9 heteroatoms. The number of carboxylic acids is 2. The number of amides is 1. The van der Waals surface area contributed by atoms with Crippen molar-refractivity contribution >= 4 is 17.8 Å². The molecule has 3 atom stereocenters. The first-order valence-electron chi connectivity index (χ1n) is 9.15. The molecular weight excluding hydrogens is 368 g/mol. The number of ether oxygens (including phenoxy) is 2. The molecule has 0 aromatic heterocycles. The molecule has 1 heterocycles. The van der Waals surface area contributed by atoms with Crippen molar-refractivity contribution in [3.8, 4) is 5.75 Å². The van der Waals surface area contributed by atoms with E-state index in [1.54, 1.807) is 0 Å². The van der Waals surface area contributed by atoms with Gasteiger partial charge in [-0.15, -0.1) is 0 Å². The molecule has 154 valence electrons. The third kappa shape index (κ3) is 5.93. The van der Waals surface area contributed by atoms with E-state index in [-0.39, 0.29) is 32.4 Å². The van der Waals surface area contributed by atoms with Crippen LogP contribution >= 0.6 is 0 Å². The van der Waals surface area contributed by atoms with Crippen molar-refractivity contribution in [2.45, 2.75) is 51.0 Å². The number of benzene rings is 1. The zero-order valence-corrected chi connectivity index (χ0v) is 15.7. The number of hydrogen-bond donors (Lipinski definition) is 3. The highest BCUT2D eigenvalue weighted by molar-refractivity contribution is 5.85. The number of carboxylic acid groups (broad SMARTS) is 2. The summed E-state index contributed by atoms with van der Waals surface area (Å²) in [6.07, 6.45) is -0.418. The maximum atomic E-state index is 12.4. The highest BCUT2D eigenvalue weighted by Gasteiger charge is 2.40. The summed E-state index contributed by atoms with van der Waals surface area (Å²) >= 11 is 0. The van der Waals surface area contributed by atoms with Gasteiger partial charge in [-0.25, -0.2) is 4.79 Å². The van der Waals surface area contributed by atoms with Gasteiger partial charge >= 0.3 is 11.9 Å². The van der Waals surface area contributed by atoms with Gasteiger partial charge in [-0.2, -0.15) is 0 Å². The number of likely N-dealkylation sites (tertiary alicyclic amines) is 1. The third-order valence-electron chi connectivity index (χ3n) is 4.55. The SMILES string of the molecule is CCOc1cccc(CO[C@@H]2C[C@@H](C(=O)O)N(C(=O)CC[C@H](N)C(=O)O)C2)c1. The second-order valence-electron chi connectivity index (χ2n) is 6.63. The monoisotopic (exact) mass is 394 g/mol. The quantitative estimate of drug-likeness (QED) is 0.531. The van der Waals surface area contributed by atoms with Crippen LogP contribution in [0.2, 0.25) is 0 Å². The largest absolute Gasteiger partial charge is 0.494 e. The molecular formula is C19H26N2O7. The summed E-state index contributed by atoms with van der Waals surface area (Å²) in [6.45, 7) is 2.85. The lowest BCUT2D eigenvalue weighted by atomic mass is 10.1. The van der Waals surface area contributed by atoms with Gasteiger partial charge in [0.15, 0.2) is 0 Å². The lowest BCUT2D eigenvalue weighted by Crippen LogP contribution is -2.41. The van der Waals surface area contributed by atoms with E-state index in [4.69, 9.17) is 20.3 Å². The molecule has 0 radical (unpaired) electrons. The molecule has 28 heavy (non-hydrogen) atoms. The van der Waals surface area contributed by atoms with Gasteiger partial charge in [-0.05, 0) is 31.0 Å². The van der Waals surface area contributed by atoms with Crippen LogP contribution in [-0.4, -0.2) is 64.3 Å². The van der Waals surface area contributed by atoms with Gasteiger partial charge in [0.1, 0.15) is 17.8 Å². The molecule has 0 bridgehead atoms. The first-order chi connectivity index (χ1) is 13.3. The average Bonchev–Trinajstić information content (AvgIpc) is 3.09. The Morgan fingerprint density at radius 1 is 1.32 bits per heavy atom. The Balaban J connectivity index is 1.93. The van der Waals surface area contributed by atoms with Crippen molar-refractivity contribution in [1.29, 1.82) is 0 Å². The molecule has 1 saturated heterocycles. The number of nitrogens with two attached hydrogens (primary N) is 1. The Bertz CT molecular complexity index is 709. The third-order valence-corrected chi connectivity index (χ3v) is 4.55. The second-order valence-corrected chi connectivity index (χ2v) is 6.63. The number of aliphatic carboxylic acids is 2. The molecule has 1 fully saturated rings. The van der Waals surface area contributed by atoms with Crippen LogP contribution in [0, 0.1) is 0 Å². The minimum Gasteiger partial charge on any atom is -0.494 e. The van der Waals surface area contributed by atoms with Crippen molar-refractivity contribution in [3.05, 3.63) is 29.8 Å². The summed E-state index contributed by atoms with van der Waals surface area (Å²) in [5.41, 5.74) is 6.29. The fraction of sp³-hybridized carbons (Fsp3) is 0.526. The molecule has 1 aromatic carbocycles. The molecule has 0 unspecified atom stereocenters. The highest BCUT2D eigenvalue weighted by Crippen LogP contribution is 2.24. The van der Waals surface area contributed by atoms with Crippen molar-refractivity contribution in [2.24, 2.45) is 5.73 Å². The molecule has 0 saturated carbocycles. The summed E-state index contributed by atoms with van der Waals surface area (Å²) in [5, 5.41) is 18.2. The van der Waals surface area contributed by atoms with E-state index >= 15 is 0 Å². The molecule has 9 nitrogen and oxygen atoms in total. The maximum Gasteiger partial charge on any atom is 0.326 e. The van der Waals surface area contributed by atoms with Gasteiger partial charge in [0.05, 0.1) is 19.3 Å². The van der Waals surface area contributed by atoms with E-state index in [0.717, 1.165) is 11.3 Å². The van der Waals surface area contributed by atoms with Gasteiger partial charge < -0.3 is 30.3 Å². The van der Waals surface area contributed by atoms with Crippen LogP contribution in [0.4, 0.5) is 0 Å². The zero-order chi connectivity index (χ0) is 20.7. The van der Waals surface area contributed by atoms with Crippen LogP contribution in [0.5, 0.6) is 5.75 Å². The molecule has 0 aliphatic carbocycles. The van der Waals surface area contributed by atoms with Crippen molar-refractivity contribution in [3.63, 3.8) is 0 Å². The summed E-state index contributed by atoms with van der Waals surface area (Å²) in [5.74, 6) is -2.02. The van der Waals surface area contributed by atoms with Crippen molar-refractivity contribution in [1.82, 2.24) is 4.90 Å². The van der Waals surface area contributed by atoms with Gasteiger partial charge in [0.2, 0.25) is 5.91 Å². The standard InChI is InChI=1S/C19H26N2O7/c1-2-27-13-5-3-4-12(8-13)11-28-14-9-16(19(25)26)21(10-14)17(22)7-6-15(20)18(23)24/h3-5,8,14-16H,2,6-7,9-11,20H2,1H3,(H,23,24)(H,25,26)/t14-,15+,16+/m1/s1. The van der Waals surface area contributed by atoms with Crippen LogP contribution in [0.15, 0.2) is 24.3 Å². The molecule has 1 amide bonds. The summed E-state index contributed by atoms with van der Waals surface area (Å²) in [7, 11) is 0. The number of carbonyl (C=O) groups is 3. The van der Waals surface area contributed by atoms with Gasteiger partial charge in [-0.3, -0.25) is 9.59 Å². The number of rotatable bonds is 10. The van der Waals surface area contributed by atoms with Crippen molar-refractivity contribution in [2.75, 3.05) is 13.2 Å². The Morgan fingerprint density at radius 3 is 2.71 bits per heavy atom. The molecule has 2 rings (SSSR count). The first kappa shape index (κ1) is 21.6. The van der Waals surface area contributed by atoms with E-state index in [1.165, 1.54) is 4.90 Å². The van der Waals surface area contributed by atoms with E-state index < -0.39 is 36.0 Å². The predicted molar refractivity (Wildman–Crippen MR) is 98.8 cm³/mol. The molecule has 1 aromatic rings. The molecule has 4 N–H and O–H groups in total. The Labute approximate surface area is 163 Å². The van der Waals surface area contributed by atoms with Crippen LogP contribution in [-0.2, 0) is 25.7 Å². The van der Waals surface area contributed by atoms with E-state index in [1.807, 2.05) is 31.2 Å². The smallest absolute Gasteiger partial charge is 0.326 e. The fourth-order valence-electron chi connectivity index (χ4n) is 3.08. The fourth-order valence-corrected chi connectivity index (χ4v) is 3.08. The Hall–Kier alpha value is -2.65. The molecule has 1 aliphatic rings. The highest BCUT2D eigenvalue weighted by atomic mass is 16.5. The molecule has 1 aliphatic heterocycles. The number of carbonyl (C=O) groups excluding carboxylic acids is 1. The minimum atomic E-state index is -1.19. The van der Waals surface area contributed by atoms with Crippen LogP contribution in [0.1, 0.15) is 31.7 Å². The predicted octanol–water partition coefficient (Wildman–Crippen LogP) is 0.848. The summed E-state index contributed by atoms with van der Waals surface area (Å²) in [6, 6.07) is 5.27. The van der Waals surface area contributed by atoms with Gasteiger partial charge in [0, 0.05) is 19.4 Å². The number of nitrogens with zero attached hydrogens (tertiary/aromatic N) is 1. The van der Waals surface area contributed by atoms with Crippen LogP contribution < -0.4 is 10.5 Å². The van der Waals surface area contributed by atoms with Crippen LogP contribution in [0.25, 0.3) is 0 Å². The Kier molecular flexibility index (Phi) is 7.77. The minimum absolute atomic E-state index is 0.0489.